The van der Waals surface area contributed by atoms with Gasteiger partial charge in [0.15, 0.2) is 0 Å². The molecule has 0 amide bonds. The smallest absolute Gasteiger partial charge is 0.0483 e. The van der Waals surface area contributed by atoms with E-state index in [1.54, 1.807) is 0 Å². The van der Waals surface area contributed by atoms with Gasteiger partial charge in [-0.05, 0) is 25.2 Å². The first-order valence-electron chi connectivity index (χ1n) is 4.65. The topological polar surface area (TPSA) is 35.2 Å². The first kappa shape index (κ1) is 10.3. The third-order valence-electron chi connectivity index (χ3n) is 2.88. The van der Waals surface area contributed by atoms with Gasteiger partial charge in [0.05, 0.1) is 0 Å². The van der Waals surface area contributed by atoms with Gasteiger partial charge >= 0.3 is 0 Å². The summed E-state index contributed by atoms with van der Waals surface area (Å²) >= 11 is 0. The standard InChI is InChI=1S/C9H17NO.ClH/c10-9(7-8-1-2-8)3-5-11-6-4-9;/h8H,1-7,10H2;1H. The lowest BCUT2D eigenvalue weighted by Crippen LogP contribution is -2.45. The first-order chi connectivity index (χ1) is 5.29. The van der Waals surface area contributed by atoms with E-state index in [2.05, 4.69) is 0 Å². The van der Waals surface area contributed by atoms with E-state index in [0.29, 0.717) is 0 Å². The minimum Gasteiger partial charge on any atom is -0.381 e. The summed E-state index contributed by atoms with van der Waals surface area (Å²) in [5, 5.41) is 0. The van der Waals surface area contributed by atoms with Crippen LogP contribution >= 0.6 is 12.4 Å². The van der Waals surface area contributed by atoms with Crippen molar-refractivity contribution in [3.05, 3.63) is 0 Å². The molecule has 0 spiro atoms. The van der Waals surface area contributed by atoms with E-state index in [4.69, 9.17) is 10.5 Å². The third kappa shape index (κ3) is 2.61. The molecule has 1 heterocycles. The van der Waals surface area contributed by atoms with E-state index in [-0.39, 0.29) is 17.9 Å². The second-order valence-corrected chi connectivity index (χ2v) is 4.12. The van der Waals surface area contributed by atoms with Crippen molar-refractivity contribution in [3.8, 4) is 0 Å². The number of ether oxygens (including phenoxy) is 1. The fourth-order valence-electron chi connectivity index (χ4n) is 1.88. The molecule has 1 aliphatic carbocycles. The minimum absolute atomic E-state index is 0. The van der Waals surface area contributed by atoms with Crippen molar-refractivity contribution in [1.29, 1.82) is 0 Å². The molecule has 2 fully saturated rings. The van der Waals surface area contributed by atoms with Gasteiger partial charge in [0.25, 0.3) is 0 Å². The highest BCUT2D eigenvalue weighted by Crippen LogP contribution is 2.38. The molecule has 1 saturated heterocycles. The van der Waals surface area contributed by atoms with Crippen LogP contribution in [0, 0.1) is 5.92 Å². The van der Waals surface area contributed by atoms with Crippen LogP contribution < -0.4 is 5.73 Å². The van der Waals surface area contributed by atoms with Crippen molar-refractivity contribution in [2.75, 3.05) is 13.2 Å². The maximum Gasteiger partial charge on any atom is 0.0483 e. The van der Waals surface area contributed by atoms with E-state index in [1.807, 2.05) is 0 Å². The van der Waals surface area contributed by atoms with Gasteiger partial charge in [-0.3, -0.25) is 0 Å². The molecule has 72 valence electrons. The first-order valence-corrected chi connectivity index (χ1v) is 4.65. The second kappa shape index (κ2) is 3.95. The lowest BCUT2D eigenvalue weighted by atomic mass is 9.86. The molecule has 1 saturated carbocycles. The molecule has 2 rings (SSSR count). The highest BCUT2D eigenvalue weighted by Gasteiger charge is 2.34. The van der Waals surface area contributed by atoms with E-state index < -0.39 is 0 Å². The number of hydrogen-bond donors (Lipinski definition) is 1. The third-order valence-corrected chi connectivity index (χ3v) is 2.88. The predicted octanol–water partition coefficient (Wildman–Crippen LogP) is 1.72. The molecule has 2 aliphatic rings. The van der Waals surface area contributed by atoms with Gasteiger partial charge in [-0.15, -0.1) is 12.4 Å². The summed E-state index contributed by atoms with van der Waals surface area (Å²) in [4.78, 5) is 0. The van der Waals surface area contributed by atoms with E-state index in [1.165, 1.54) is 19.3 Å². The van der Waals surface area contributed by atoms with Crippen LogP contribution in [0.2, 0.25) is 0 Å². The lowest BCUT2D eigenvalue weighted by molar-refractivity contribution is 0.0483. The number of hydrogen-bond acceptors (Lipinski definition) is 2. The number of nitrogens with two attached hydrogens (primary N) is 1. The summed E-state index contributed by atoms with van der Waals surface area (Å²) in [5.74, 6) is 0.957. The van der Waals surface area contributed by atoms with Crippen molar-refractivity contribution in [1.82, 2.24) is 0 Å². The van der Waals surface area contributed by atoms with Gasteiger partial charge in [-0.2, -0.15) is 0 Å². The summed E-state index contributed by atoms with van der Waals surface area (Å²) in [6.45, 7) is 1.76. The van der Waals surface area contributed by atoms with Crippen LogP contribution in [0.3, 0.4) is 0 Å². The minimum atomic E-state index is 0. The fraction of sp³-hybridized carbons (Fsp3) is 1.00. The number of rotatable bonds is 2. The zero-order valence-corrected chi connectivity index (χ0v) is 8.24. The van der Waals surface area contributed by atoms with Crippen molar-refractivity contribution in [2.45, 2.75) is 37.6 Å². The highest BCUT2D eigenvalue weighted by atomic mass is 35.5. The predicted molar refractivity (Wildman–Crippen MR) is 51.6 cm³/mol. The Labute approximate surface area is 80.3 Å². The fourth-order valence-corrected chi connectivity index (χ4v) is 1.88. The van der Waals surface area contributed by atoms with Gasteiger partial charge in [0, 0.05) is 18.8 Å². The monoisotopic (exact) mass is 191 g/mol. The summed E-state index contributed by atoms with van der Waals surface area (Å²) in [7, 11) is 0. The van der Waals surface area contributed by atoms with Crippen molar-refractivity contribution in [3.63, 3.8) is 0 Å². The molecule has 0 bridgehead atoms. The van der Waals surface area contributed by atoms with Crippen LogP contribution in [0.25, 0.3) is 0 Å². The molecule has 0 atom stereocenters. The molecule has 0 aromatic carbocycles. The van der Waals surface area contributed by atoms with Gasteiger partial charge in [0.2, 0.25) is 0 Å². The molecule has 0 aromatic rings. The maximum atomic E-state index is 6.22. The average Bonchev–Trinajstić information content (AvgIpc) is 2.72. The van der Waals surface area contributed by atoms with Crippen LogP contribution in [-0.2, 0) is 4.74 Å². The van der Waals surface area contributed by atoms with Crippen LogP contribution in [0.1, 0.15) is 32.1 Å². The molecular weight excluding hydrogens is 174 g/mol. The average molecular weight is 192 g/mol. The zero-order valence-electron chi connectivity index (χ0n) is 7.42. The molecule has 12 heavy (non-hydrogen) atoms. The largest absolute Gasteiger partial charge is 0.381 e. The van der Waals surface area contributed by atoms with Gasteiger partial charge < -0.3 is 10.5 Å². The normalized spacial score (nSPS) is 27.8. The Kier molecular flexibility index (Phi) is 3.38. The van der Waals surface area contributed by atoms with Crippen LogP contribution in [0.15, 0.2) is 0 Å². The summed E-state index contributed by atoms with van der Waals surface area (Å²) in [6.07, 6.45) is 6.23. The summed E-state index contributed by atoms with van der Waals surface area (Å²) < 4.78 is 5.29. The molecular formula is C9H18ClNO. The molecule has 0 radical (unpaired) electrons. The number of halogens is 1. The Morgan fingerprint density at radius 1 is 1.25 bits per heavy atom. The van der Waals surface area contributed by atoms with Crippen molar-refractivity contribution >= 4 is 12.4 Å². The van der Waals surface area contributed by atoms with E-state index in [0.717, 1.165) is 32.0 Å². The highest BCUT2D eigenvalue weighted by molar-refractivity contribution is 5.85. The Morgan fingerprint density at radius 3 is 2.33 bits per heavy atom. The molecule has 0 aromatic heterocycles. The van der Waals surface area contributed by atoms with Gasteiger partial charge in [0.1, 0.15) is 0 Å². The molecule has 0 unspecified atom stereocenters. The lowest BCUT2D eigenvalue weighted by Gasteiger charge is -2.33. The van der Waals surface area contributed by atoms with Crippen LogP contribution in [0.4, 0.5) is 0 Å². The van der Waals surface area contributed by atoms with Crippen LogP contribution in [-0.4, -0.2) is 18.8 Å². The maximum absolute atomic E-state index is 6.22. The molecule has 3 heteroatoms. The SMILES string of the molecule is Cl.NC1(CC2CC2)CCOCC1. The zero-order chi connectivity index (χ0) is 7.73. The van der Waals surface area contributed by atoms with Crippen molar-refractivity contribution < 1.29 is 4.74 Å². The Hall–Kier alpha value is 0.210. The van der Waals surface area contributed by atoms with E-state index in [9.17, 15) is 0 Å². The quantitative estimate of drug-likeness (QED) is 0.722. The Balaban J connectivity index is 0.000000720. The Morgan fingerprint density at radius 2 is 1.83 bits per heavy atom. The molecule has 2 nitrogen and oxygen atoms in total. The second-order valence-electron chi connectivity index (χ2n) is 4.12. The summed E-state index contributed by atoms with van der Waals surface area (Å²) in [5.41, 5.74) is 6.36. The van der Waals surface area contributed by atoms with Gasteiger partial charge in [-0.25, -0.2) is 0 Å². The van der Waals surface area contributed by atoms with Crippen molar-refractivity contribution in [2.24, 2.45) is 11.7 Å². The van der Waals surface area contributed by atoms with E-state index >= 15 is 0 Å². The Bertz CT molecular complexity index is 141. The summed E-state index contributed by atoms with van der Waals surface area (Å²) in [6, 6.07) is 0. The molecule has 2 N–H and O–H groups in total. The van der Waals surface area contributed by atoms with Crippen LogP contribution in [0.5, 0.6) is 0 Å². The van der Waals surface area contributed by atoms with Gasteiger partial charge in [-0.1, -0.05) is 12.8 Å². The molecule has 1 aliphatic heterocycles.